The van der Waals surface area contributed by atoms with Crippen molar-refractivity contribution >= 4 is 11.7 Å². The van der Waals surface area contributed by atoms with Crippen LogP contribution < -0.4 is 16.4 Å². The molecule has 1 atom stereocenters. The lowest BCUT2D eigenvalue weighted by Gasteiger charge is -2.24. The monoisotopic (exact) mass is 234 g/mol. The fraction of sp³-hybridized carbons (Fsp3) is 0.500. The topological polar surface area (TPSA) is 80.0 Å². The molecular formula is C12H18N4O. The maximum Gasteiger partial charge on any atom is 0.248 e. The molecule has 1 unspecified atom stereocenters. The minimum atomic E-state index is -0.416. The second-order valence-corrected chi connectivity index (χ2v) is 4.43. The molecule has 5 heteroatoms. The molecule has 0 aromatic carbocycles. The zero-order valence-corrected chi connectivity index (χ0v) is 9.99. The number of aromatic nitrogens is 1. The normalized spacial score (nSPS) is 19.9. The first kappa shape index (κ1) is 11.9. The van der Waals surface area contributed by atoms with Gasteiger partial charge in [-0.1, -0.05) is 0 Å². The largest absolute Gasteiger partial charge is 0.366 e. The van der Waals surface area contributed by atoms with Gasteiger partial charge in [0.15, 0.2) is 0 Å². The standard InChI is InChI=1S/C12H18N4O/c1-8-5-9(12(13)17)6-11(15-8)16-10-3-2-4-14-7-10/h5-6,10,14H,2-4,7H2,1H3,(H2,13,17)(H,15,16). The molecule has 1 aromatic heterocycles. The van der Waals surface area contributed by atoms with Crippen LogP contribution >= 0.6 is 0 Å². The summed E-state index contributed by atoms with van der Waals surface area (Å²) < 4.78 is 0. The van der Waals surface area contributed by atoms with Gasteiger partial charge < -0.3 is 16.4 Å². The van der Waals surface area contributed by atoms with Crippen LogP contribution in [0.15, 0.2) is 12.1 Å². The van der Waals surface area contributed by atoms with Crippen molar-refractivity contribution in [1.29, 1.82) is 0 Å². The van der Waals surface area contributed by atoms with E-state index in [1.54, 1.807) is 12.1 Å². The van der Waals surface area contributed by atoms with Crippen LogP contribution in [-0.4, -0.2) is 30.0 Å². The smallest absolute Gasteiger partial charge is 0.248 e. The van der Waals surface area contributed by atoms with Crippen molar-refractivity contribution in [2.45, 2.75) is 25.8 Å². The first-order chi connectivity index (χ1) is 8.15. The number of primary amides is 1. The maximum atomic E-state index is 11.2. The Hall–Kier alpha value is -1.62. The molecule has 1 saturated heterocycles. The van der Waals surface area contributed by atoms with Crippen LogP contribution in [0.1, 0.15) is 28.9 Å². The van der Waals surface area contributed by atoms with Crippen LogP contribution in [0.2, 0.25) is 0 Å². The van der Waals surface area contributed by atoms with E-state index in [0.717, 1.165) is 37.4 Å². The molecule has 1 amide bonds. The predicted molar refractivity (Wildman–Crippen MR) is 67.0 cm³/mol. The third-order valence-electron chi connectivity index (χ3n) is 2.89. The highest BCUT2D eigenvalue weighted by Gasteiger charge is 2.14. The van der Waals surface area contributed by atoms with Crippen molar-refractivity contribution in [3.8, 4) is 0 Å². The molecule has 92 valence electrons. The minimum Gasteiger partial charge on any atom is -0.366 e. The molecule has 1 aliphatic rings. The van der Waals surface area contributed by atoms with E-state index in [1.807, 2.05) is 6.92 Å². The van der Waals surface area contributed by atoms with Gasteiger partial charge >= 0.3 is 0 Å². The van der Waals surface area contributed by atoms with E-state index in [9.17, 15) is 4.79 Å². The summed E-state index contributed by atoms with van der Waals surface area (Å²) in [5, 5.41) is 6.66. The SMILES string of the molecule is Cc1cc(C(N)=O)cc(NC2CCCNC2)n1. The molecule has 0 spiro atoms. The number of hydrogen-bond donors (Lipinski definition) is 3. The molecular weight excluding hydrogens is 216 g/mol. The van der Waals surface area contributed by atoms with Crippen LogP contribution in [0.25, 0.3) is 0 Å². The van der Waals surface area contributed by atoms with Crippen LogP contribution in [0.3, 0.4) is 0 Å². The van der Waals surface area contributed by atoms with Gasteiger partial charge in [-0.25, -0.2) is 4.98 Å². The van der Waals surface area contributed by atoms with E-state index in [2.05, 4.69) is 15.6 Å². The summed E-state index contributed by atoms with van der Waals surface area (Å²) in [6, 6.07) is 3.79. The summed E-state index contributed by atoms with van der Waals surface area (Å²) in [5.41, 5.74) is 6.58. The molecule has 1 fully saturated rings. The number of carbonyl (C=O) groups is 1. The van der Waals surface area contributed by atoms with Crippen LogP contribution in [-0.2, 0) is 0 Å². The van der Waals surface area contributed by atoms with Crippen molar-refractivity contribution in [1.82, 2.24) is 10.3 Å². The lowest BCUT2D eigenvalue weighted by molar-refractivity contribution is 0.1000. The van der Waals surface area contributed by atoms with E-state index in [0.29, 0.717) is 11.6 Å². The maximum absolute atomic E-state index is 11.2. The van der Waals surface area contributed by atoms with E-state index in [-0.39, 0.29) is 0 Å². The zero-order chi connectivity index (χ0) is 12.3. The number of carbonyl (C=O) groups excluding carboxylic acids is 1. The van der Waals surface area contributed by atoms with Gasteiger partial charge in [-0.05, 0) is 38.4 Å². The Morgan fingerprint density at radius 1 is 1.59 bits per heavy atom. The Balaban J connectivity index is 2.11. The van der Waals surface area contributed by atoms with Gasteiger partial charge in [0.2, 0.25) is 5.91 Å². The summed E-state index contributed by atoms with van der Waals surface area (Å²) in [5.74, 6) is 0.313. The molecule has 0 saturated carbocycles. The van der Waals surface area contributed by atoms with Gasteiger partial charge in [0.1, 0.15) is 5.82 Å². The summed E-state index contributed by atoms with van der Waals surface area (Å²) in [6.45, 7) is 3.87. The number of anilines is 1. The van der Waals surface area contributed by atoms with Gasteiger partial charge in [-0.2, -0.15) is 0 Å². The second-order valence-electron chi connectivity index (χ2n) is 4.43. The summed E-state index contributed by atoms with van der Waals surface area (Å²) >= 11 is 0. The number of aryl methyl sites for hydroxylation is 1. The molecule has 2 heterocycles. The van der Waals surface area contributed by atoms with Gasteiger partial charge in [0, 0.05) is 23.8 Å². The first-order valence-electron chi connectivity index (χ1n) is 5.91. The molecule has 0 aliphatic carbocycles. The molecule has 4 N–H and O–H groups in total. The lowest BCUT2D eigenvalue weighted by Crippen LogP contribution is -2.38. The number of nitrogens with two attached hydrogens (primary N) is 1. The minimum absolute atomic E-state index is 0.374. The summed E-state index contributed by atoms with van der Waals surface area (Å²) in [6.07, 6.45) is 2.28. The highest BCUT2D eigenvalue weighted by atomic mass is 16.1. The number of nitrogens with one attached hydrogen (secondary N) is 2. The molecule has 1 aliphatic heterocycles. The Bertz CT molecular complexity index is 413. The van der Waals surface area contributed by atoms with E-state index in [1.165, 1.54) is 0 Å². The van der Waals surface area contributed by atoms with Gasteiger partial charge in [-0.3, -0.25) is 4.79 Å². The van der Waals surface area contributed by atoms with Crippen molar-refractivity contribution in [2.24, 2.45) is 5.73 Å². The Labute approximate surface area is 101 Å². The van der Waals surface area contributed by atoms with Gasteiger partial charge in [-0.15, -0.1) is 0 Å². The molecule has 17 heavy (non-hydrogen) atoms. The first-order valence-corrected chi connectivity index (χ1v) is 5.91. The van der Waals surface area contributed by atoms with E-state index >= 15 is 0 Å². The molecule has 0 radical (unpaired) electrons. The number of rotatable bonds is 3. The molecule has 0 bridgehead atoms. The summed E-state index contributed by atoms with van der Waals surface area (Å²) in [7, 11) is 0. The Kier molecular flexibility index (Phi) is 3.58. The Morgan fingerprint density at radius 3 is 3.06 bits per heavy atom. The second kappa shape index (κ2) is 5.14. The highest BCUT2D eigenvalue weighted by Crippen LogP contribution is 2.13. The molecule has 1 aromatic rings. The van der Waals surface area contributed by atoms with Crippen molar-refractivity contribution in [2.75, 3.05) is 18.4 Å². The Morgan fingerprint density at radius 2 is 2.41 bits per heavy atom. The zero-order valence-electron chi connectivity index (χ0n) is 9.99. The van der Waals surface area contributed by atoms with Crippen molar-refractivity contribution in [3.05, 3.63) is 23.4 Å². The lowest BCUT2D eigenvalue weighted by atomic mass is 10.1. The van der Waals surface area contributed by atoms with Crippen molar-refractivity contribution in [3.63, 3.8) is 0 Å². The molecule has 5 nitrogen and oxygen atoms in total. The third-order valence-corrected chi connectivity index (χ3v) is 2.89. The van der Waals surface area contributed by atoms with Crippen molar-refractivity contribution < 1.29 is 4.79 Å². The number of amides is 1. The quantitative estimate of drug-likeness (QED) is 0.717. The van der Waals surface area contributed by atoms with Gasteiger partial charge in [0.25, 0.3) is 0 Å². The third kappa shape index (κ3) is 3.17. The number of piperidine rings is 1. The van der Waals surface area contributed by atoms with E-state index < -0.39 is 5.91 Å². The predicted octanol–water partition coefficient (Wildman–Crippen LogP) is 0.653. The van der Waals surface area contributed by atoms with Gasteiger partial charge in [0.05, 0.1) is 0 Å². The van der Waals surface area contributed by atoms with Crippen LogP contribution in [0, 0.1) is 6.92 Å². The average Bonchev–Trinajstić information content (AvgIpc) is 2.29. The highest BCUT2D eigenvalue weighted by molar-refractivity contribution is 5.93. The fourth-order valence-electron chi connectivity index (χ4n) is 2.07. The average molecular weight is 234 g/mol. The molecule has 2 rings (SSSR count). The number of pyridine rings is 1. The number of hydrogen-bond acceptors (Lipinski definition) is 4. The van der Waals surface area contributed by atoms with Crippen LogP contribution in [0.4, 0.5) is 5.82 Å². The number of nitrogens with zero attached hydrogens (tertiary/aromatic N) is 1. The van der Waals surface area contributed by atoms with E-state index in [4.69, 9.17) is 5.73 Å². The fourth-order valence-corrected chi connectivity index (χ4v) is 2.07. The van der Waals surface area contributed by atoms with Crippen LogP contribution in [0.5, 0.6) is 0 Å². The summed E-state index contributed by atoms with van der Waals surface area (Å²) in [4.78, 5) is 15.5.